The predicted molar refractivity (Wildman–Crippen MR) is 103 cm³/mol. The number of thiophene rings is 1. The molecule has 3 heterocycles. The zero-order valence-corrected chi connectivity index (χ0v) is 15.2. The second-order valence-electron chi connectivity index (χ2n) is 5.95. The van der Waals surface area contributed by atoms with Gasteiger partial charge < -0.3 is 9.88 Å². The Morgan fingerprint density at radius 1 is 1.15 bits per heavy atom. The molecule has 136 valence electrons. The predicted octanol–water partition coefficient (Wildman–Crippen LogP) is 3.84. The summed E-state index contributed by atoms with van der Waals surface area (Å²) in [6, 6.07) is 13.9. The number of rotatable bonds is 6. The third-order valence-corrected chi connectivity index (χ3v) is 5.06. The van der Waals surface area contributed by atoms with Crippen molar-refractivity contribution >= 4 is 17.2 Å². The number of halogens is 1. The molecule has 0 saturated carbocycles. The number of nitrogens with one attached hydrogen (secondary N) is 1. The molecule has 0 unspecified atom stereocenters. The topological polar surface area (TPSA) is 51.9 Å². The van der Waals surface area contributed by atoms with Gasteiger partial charge in [0.1, 0.15) is 11.4 Å². The lowest BCUT2D eigenvalue weighted by atomic mass is 10.2. The Balaban J connectivity index is 1.63. The van der Waals surface area contributed by atoms with Crippen molar-refractivity contribution in [2.24, 2.45) is 0 Å². The largest absolute Gasteiger partial charge is 0.352 e. The normalized spacial score (nSPS) is 10.9. The molecule has 7 heteroatoms. The van der Waals surface area contributed by atoms with Gasteiger partial charge in [0, 0.05) is 23.8 Å². The summed E-state index contributed by atoms with van der Waals surface area (Å²) in [6.45, 7) is 0.537. The first-order chi connectivity index (χ1) is 13.2. The average molecular weight is 380 g/mol. The van der Waals surface area contributed by atoms with Crippen LogP contribution in [0.1, 0.15) is 15.2 Å². The van der Waals surface area contributed by atoms with Gasteiger partial charge in [-0.05, 0) is 48.2 Å². The molecule has 0 spiro atoms. The van der Waals surface area contributed by atoms with E-state index in [1.807, 2.05) is 42.0 Å². The van der Waals surface area contributed by atoms with E-state index < -0.39 is 0 Å². The van der Waals surface area contributed by atoms with E-state index in [0.717, 1.165) is 6.42 Å². The molecule has 0 fully saturated rings. The Kier molecular flexibility index (Phi) is 4.84. The number of nitrogens with zero attached hydrogens (tertiary/aromatic N) is 3. The van der Waals surface area contributed by atoms with Gasteiger partial charge in [-0.2, -0.15) is 5.10 Å². The summed E-state index contributed by atoms with van der Waals surface area (Å²) in [5.74, 6) is 0.000498. The number of hydrogen-bond donors (Lipinski definition) is 1. The van der Waals surface area contributed by atoms with Crippen molar-refractivity contribution in [2.45, 2.75) is 6.42 Å². The van der Waals surface area contributed by atoms with E-state index in [0.29, 0.717) is 23.6 Å². The molecule has 4 rings (SSSR count). The summed E-state index contributed by atoms with van der Waals surface area (Å²) in [5.41, 5.74) is 0.984. The Morgan fingerprint density at radius 3 is 2.74 bits per heavy atom. The first-order valence-electron chi connectivity index (χ1n) is 8.50. The van der Waals surface area contributed by atoms with Gasteiger partial charge in [0.2, 0.25) is 0 Å². The molecule has 0 aliphatic heterocycles. The molecular weight excluding hydrogens is 363 g/mol. The Morgan fingerprint density at radius 2 is 2.00 bits per heavy atom. The van der Waals surface area contributed by atoms with E-state index in [1.165, 1.54) is 23.2 Å². The summed E-state index contributed by atoms with van der Waals surface area (Å²) in [5, 5.41) is 9.29. The lowest BCUT2D eigenvalue weighted by Gasteiger charge is -2.11. The van der Waals surface area contributed by atoms with Crippen LogP contribution in [0.15, 0.2) is 72.5 Å². The number of benzene rings is 1. The van der Waals surface area contributed by atoms with Crippen molar-refractivity contribution in [1.82, 2.24) is 19.7 Å². The minimum absolute atomic E-state index is 0.210. The second kappa shape index (κ2) is 7.59. The number of carbonyl (C=O) groups is 1. The first kappa shape index (κ1) is 17.2. The third-order valence-electron chi connectivity index (χ3n) is 4.13. The van der Waals surface area contributed by atoms with E-state index in [4.69, 9.17) is 0 Å². The number of hydrogen-bond acceptors (Lipinski definition) is 3. The SMILES string of the molecule is O=C(NCCc1cccs1)c1cnn(-c2cccc(F)c2)c1-n1cccc1. The molecule has 27 heavy (non-hydrogen) atoms. The average Bonchev–Trinajstić information content (AvgIpc) is 3.41. The quantitative estimate of drug-likeness (QED) is 0.553. The van der Waals surface area contributed by atoms with Crippen LogP contribution < -0.4 is 5.32 Å². The molecule has 0 bridgehead atoms. The van der Waals surface area contributed by atoms with Crippen LogP contribution in [0.5, 0.6) is 0 Å². The zero-order valence-electron chi connectivity index (χ0n) is 14.4. The molecule has 5 nitrogen and oxygen atoms in total. The minimum atomic E-state index is -0.358. The molecule has 1 amide bonds. The van der Waals surface area contributed by atoms with Crippen molar-refractivity contribution in [2.75, 3.05) is 6.54 Å². The van der Waals surface area contributed by atoms with Gasteiger partial charge >= 0.3 is 0 Å². The summed E-state index contributed by atoms with van der Waals surface area (Å²) in [6.07, 6.45) is 5.95. The molecule has 0 saturated heterocycles. The highest BCUT2D eigenvalue weighted by atomic mass is 32.1. The smallest absolute Gasteiger partial charge is 0.256 e. The van der Waals surface area contributed by atoms with Crippen LogP contribution in [0.4, 0.5) is 4.39 Å². The third kappa shape index (κ3) is 3.68. The van der Waals surface area contributed by atoms with E-state index in [-0.39, 0.29) is 11.7 Å². The standard InChI is InChI=1S/C20H17FN4OS/c21-15-5-3-6-16(13-15)25-20(24-10-1-2-11-24)18(14-23-25)19(26)22-9-8-17-7-4-12-27-17/h1-7,10-14H,8-9H2,(H,22,26). The number of aromatic nitrogens is 3. The minimum Gasteiger partial charge on any atom is -0.352 e. The number of amides is 1. The fraction of sp³-hybridized carbons (Fsp3) is 0.100. The van der Waals surface area contributed by atoms with Crippen LogP contribution in [0.3, 0.4) is 0 Å². The zero-order chi connectivity index (χ0) is 18.6. The van der Waals surface area contributed by atoms with Gasteiger partial charge in [0.05, 0.1) is 11.9 Å². The van der Waals surface area contributed by atoms with Crippen LogP contribution in [0, 0.1) is 5.82 Å². The maximum absolute atomic E-state index is 13.7. The first-order valence-corrected chi connectivity index (χ1v) is 9.38. The van der Waals surface area contributed by atoms with Gasteiger partial charge in [0.15, 0.2) is 5.82 Å². The van der Waals surface area contributed by atoms with Crippen molar-refractivity contribution < 1.29 is 9.18 Å². The number of carbonyl (C=O) groups excluding carboxylic acids is 1. The summed E-state index contributed by atoms with van der Waals surface area (Å²) in [7, 11) is 0. The van der Waals surface area contributed by atoms with E-state index in [1.54, 1.807) is 32.7 Å². The maximum atomic E-state index is 13.7. The molecule has 1 aromatic carbocycles. The Bertz CT molecular complexity index is 1040. The second-order valence-corrected chi connectivity index (χ2v) is 6.98. The lowest BCUT2D eigenvalue weighted by Crippen LogP contribution is -2.26. The van der Waals surface area contributed by atoms with Crippen LogP contribution in [-0.2, 0) is 6.42 Å². The highest BCUT2D eigenvalue weighted by Crippen LogP contribution is 2.20. The molecule has 4 aromatic rings. The molecule has 1 N–H and O–H groups in total. The van der Waals surface area contributed by atoms with Crippen LogP contribution in [-0.4, -0.2) is 26.8 Å². The Hall–Kier alpha value is -3.19. The van der Waals surface area contributed by atoms with Crippen LogP contribution in [0.2, 0.25) is 0 Å². The molecular formula is C20H17FN4OS. The van der Waals surface area contributed by atoms with E-state index >= 15 is 0 Å². The van der Waals surface area contributed by atoms with Crippen molar-refractivity contribution in [3.8, 4) is 11.5 Å². The summed E-state index contributed by atoms with van der Waals surface area (Å²) in [4.78, 5) is 14.0. The van der Waals surface area contributed by atoms with Gasteiger partial charge in [-0.3, -0.25) is 4.79 Å². The van der Waals surface area contributed by atoms with Gasteiger partial charge in [-0.15, -0.1) is 11.3 Å². The van der Waals surface area contributed by atoms with E-state index in [9.17, 15) is 9.18 Å². The molecule has 0 aliphatic carbocycles. The van der Waals surface area contributed by atoms with E-state index in [2.05, 4.69) is 10.4 Å². The highest BCUT2D eigenvalue weighted by molar-refractivity contribution is 7.09. The monoisotopic (exact) mass is 380 g/mol. The fourth-order valence-corrected chi connectivity index (χ4v) is 3.58. The summed E-state index contributed by atoms with van der Waals surface area (Å²) >= 11 is 1.67. The Labute approximate surface area is 159 Å². The van der Waals surface area contributed by atoms with Crippen LogP contribution in [0.25, 0.3) is 11.5 Å². The molecule has 0 aliphatic rings. The van der Waals surface area contributed by atoms with Crippen molar-refractivity contribution in [3.63, 3.8) is 0 Å². The lowest BCUT2D eigenvalue weighted by molar-refractivity contribution is 0.0954. The fourth-order valence-electron chi connectivity index (χ4n) is 2.87. The highest BCUT2D eigenvalue weighted by Gasteiger charge is 2.19. The van der Waals surface area contributed by atoms with Gasteiger partial charge in [-0.25, -0.2) is 9.07 Å². The molecule has 3 aromatic heterocycles. The molecule has 0 atom stereocenters. The summed E-state index contributed by atoms with van der Waals surface area (Å²) < 4.78 is 17.0. The van der Waals surface area contributed by atoms with Gasteiger partial charge in [-0.1, -0.05) is 12.1 Å². The van der Waals surface area contributed by atoms with Gasteiger partial charge in [0.25, 0.3) is 5.91 Å². The van der Waals surface area contributed by atoms with Crippen molar-refractivity contribution in [3.05, 3.63) is 88.8 Å². The maximum Gasteiger partial charge on any atom is 0.256 e. The van der Waals surface area contributed by atoms with Crippen molar-refractivity contribution in [1.29, 1.82) is 0 Å². The van der Waals surface area contributed by atoms with Crippen LogP contribution >= 0.6 is 11.3 Å². The molecule has 0 radical (unpaired) electrons.